The van der Waals surface area contributed by atoms with Crippen LogP contribution in [0.5, 0.6) is 0 Å². The summed E-state index contributed by atoms with van der Waals surface area (Å²) in [6.45, 7) is 2.27. The quantitative estimate of drug-likeness (QED) is 0.296. The molecule has 0 atom stereocenters. The summed E-state index contributed by atoms with van der Waals surface area (Å²) in [5.41, 5.74) is 5.24. The third kappa shape index (κ3) is 7.74. The molecule has 0 spiro atoms. The lowest BCUT2D eigenvalue weighted by molar-refractivity contribution is 0.0528. The van der Waals surface area contributed by atoms with Crippen LogP contribution in [0.15, 0.2) is 48.5 Å². The summed E-state index contributed by atoms with van der Waals surface area (Å²) in [6.07, 6.45) is 13.0. The van der Waals surface area contributed by atoms with E-state index in [1.807, 2.05) is 0 Å². The summed E-state index contributed by atoms with van der Waals surface area (Å²) in [5.74, 6) is 0.0536. The number of halogens is 2. The Balaban J connectivity index is 1.41. The van der Waals surface area contributed by atoms with Gasteiger partial charge in [-0.25, -0.2) is 8.78 Å². The third-order valence-electron chi connectivity index (χ3n) is 7.12. The summed E-state index contributed by atoms with van der Waals surface area (Å²) in [6, 6.07) is 17.8. The van der Waals surface area contributed by atoms with Gasteiger partial charge in [-0.2, -0.15) is 0 Å². The van der Waals surface area contributed by atoms with Gasteiger partial charge in [0, 0.05) is 5.92 Å². The molecular formula is C29H40F2. The summed E-state index contributed by atoms with van der Waals surface area (Å²) in [5, 5.41) is 0. The lowest BCUT2D eigenvalue weighted by Gasteiger charge is -2.28. The molecule has 1 aliphatic rings. The molecule has 1 fully saturated rings. The molecule has 0 heterocycles. The number of alkyl halides is 2. The van der Waals surface area contributed by atoms with Crippen LogP contribution >= 0.6 is 0 Å². The van der Waals surface area contributed by atoms with Gasteiger partial charge in [0.25, 0.3) is 0 Å². The van der Waals surface area contributed by atoms with E-state index >= 15 is 0 Å². The van der Waals surface area contributed by atoms with E-state index in [1.54, 1.807) is 0 Å². The minimum Gasteiger partial charge on any atom is -0.210 e. The summed E-state index contributed by atoms with van der Waals surface area (Å²) >= 11 is 0. The predicted octanol–water partition coefficient (Wildman–Crippen LogP) is 9.58. The average Bonchev–Trinajstić information content (AvgIpc) is 2.81. The van der Waals surface area contributed by atoms with Gasteiger partial charge in [0.2, 0.25) is 6.43 Å². The maximum atomic E-state index is 12.9. The highest BCUT2D eigenvalue weighted by Gasteiger charge is 2.27. The van der Waals surface area contributed by atoms with Crippen LogP contribution in [0.1, 0.15) is 101 Å². The predicted molar refractivity (Wildman–Crippen MR) is 129 cm³/mol. The highest BCUT2D eigenvalue weighted by Crippen LogP contribution is 2.38. The normalized spacial score (nSPS) is 19.1. The van der Waals surface area contributed by atoms with Crippen molar-refractivity contribution in [2.24, 2.45) is 5.92 Å². The Morgan fingerprint density at radius 1 is 0.677 bits per heavy atom. The van der Waals surface area contributed by atoms with Crippen molar-refractivity contribution in [1.82, 2.24) is 0 Å². The monoisotopic (exact) mass is 426 g/mol. The summed E-state index contributed by atoms with van der Waals surface area (Å²) in [4.78, 5) is 0. The Bertz CT molecular complexity index is 724. The second-order valence-corrected chi connectivity index (χ2v) is 9.49. The average molecular weight is 427 g/mol. The van der Waals surface area contributed by atoms with Gasteiger partial charge >= 0.3 is 0 Å². The Morgan fingerprint density at radius 2 is 1.19 bits per heavy atom. The lowest BCUT2D eigenvalue weighted by atomic mass is 9.78. The molecule has 0 bridgehead atoms. The molecule has 2 aromatic carbocycles. The van der Waals surface area contributed by atoms with E-state index in [9.17, 15) is 8.78 Å². The van der Waals surface area contributed by atoms with E-state index in [2.05, 4.69) is 55.5 Å². The smallest absolute Gasteiger partial charge is 0.210 e. The van der Waals surface area contributed by atoms with Gasteiger partial charge in [0.05, 0.1) is 0 Å². The topological polar surface area (TPSA) is 0 Å². The second-order valence-electron chi connectivity index (χ2n) is 9.49. The number of aryl methyl sites for hydroxylation is 1. The van der Waals surface area contributed by atoms with Crippen molar-refractivity contribution in [1.29, 1.82) is 0 Å². The number of hydrogen-bond donors (Lipinski definition) is 0. The molecule has 2 heteroatoms. The van der Waals surface area contributed by atoms with Gasteiger partial charge in [0.1, 0.15) is 0 Å². The third-order valence-corrected chi connectivity index (χ3v) is 7.12. The zero-order valence-corrected chi connectivity index (χ0v) is 19.3. The Kier molecular flexibility index (Phi) is 10.0. The molecule has 0 nitrogen and oxygen atoms in total. The first-order chi connectivity index (χ1) is 15.2. The molecule has 0 N–H and O–H groups in total. The van der Waals surface area contributed by atoms with Crippen molar-refractivity contribution in [2.45, 2.75) is 103 Å². The van der Waals surface area contributed by atoms with E-state index in [-0.39, 0.29) is 5.92 Å². The highest BCUT2D eigenvalue weighted by atomic mass is 19.3. The second kappa shape index (κ2) is 13.0. The molecule has 0 aliphatic heterocycles. The highest BCUT2D eigenvalue weighted by molar-refractivity contribution is 5.64. The van der Waals surface area contributed by atoms with Crippen molar-refractivity contribution in [2.75, 3.05) is 0 Å². The first-order valence-electron chi connectivity index (χ1n) is 12.6. The maximum absolute atomic E-state index is 12.9. The van der Waals surface area contributed by atoms with Crippen LogP contribution in [0.3, 0.4) is 0 Å². The fourth-order valence-electron chi connectivity index (χ4n) is 4.98. The fourth-order valence-corrected chi connectivity index (χ4v) is 4.98. The van der Waals surface area contributed by atoms with Crippen molar-refractivity contribution >= 4 is 0 Å². The molecule has 0 radical (unpaired) electrons. The van der Waals surface area contributed by atoms with Crippen LogP contribution in [0.2, 0.25) is 0 Å². The molecular weight excluding hydrogens is 386 g/mol. The van der Waals surface area contributed by atoms with Crippen LogP contribution in [0, 0.1) is 5.92 Å². The Morgan fingerprint density at radius 3 is 1.74 bits per heavy atom. The molecule has 31 heavy (non-hydrogen) atoms. The van der Waals surface area contributed by atoms with Gasteiger partial charge in [-0.15, -0.1) is 0 Å². The minimum atomic E-state index is -2.15. The first kappa shape index (κ1) is 24.0. The van der Waals surface area contributed by atoms with Crippen LogP contribution < -0.4 is 0 Å². The largest absolute Gasteiger partial charge is 0.241 e. The Hall–Kier alpha value is -1.70. The molecule has 0 aromatic heterocycles. The SMILES string of the molecule is CCCCCCCCCCc1ccc(-c2ccc(C3CCC(C(F)F)CC3)cc2)cc1. The summed E-state index contributed by atoms with van der Waals surface area (Å²) < 4.78 is 25.7. The van der Waals surface area contributed by atoms with E-state index in [1.165, 1.54) is 80.0 Å². The standard InChI is InChI=1S/C29H40F2/c1-2-3-4-5-6-7-8-9-10-23-11-13-24(14-12-23)25-15-17-26(18-16-25)27-19-21-28(22-20-27)29(30)31/h11-18,27-29H,2-10,19-22H2,1H3. The molecule has 1 aliphatic carbocycles. The molecule has 170 valence electrons. The van der Waals surface area contributed by atoms with Gasteiger partial charge in [-0.05, 0) is 66.7 Å². The minimum absolute atomic E-state index is 0.389. The van der Waals surface area contributed by atoms with Gasteiger partial charge in [-0.3, -0.25) is 0 Å². The van der Waals surface area contributed by atoms with E-state index in [4.69, 9.17) is 0 Å². The molecule has 0 amide bonds. The molecule has 2 aromatic rings. The van der Waals surface area contributed by atoms with Crippen molar-refractivity contribution in [3.63, 3.8) is 0 Å². The number of benzene rings is 2. The van der Waals surface area contributed by atoms with E-state index in [0.29, 0.717) is 18.8 Å². The van der Waals surface area contributed by atoms with Crippen LogP contribution in [0.4, 0.5) is 8.78 Å². The molecule has 0 saturated heterocycles. The number of rotatable bonds is 12. The van der Waals surface area contributed by atoms with Crippen molar-refractivity contribution in [3.8, 4) is 11.1 Å². The van der Waals surface area contributed by atoms with Crippen LogP contribution in [0.25, 0.3) is 11.1 Å². The lowest BCUT2D eigenvalue weighted by Crippen LogP contribution is -2.19. The number of unbranched alkanes of at least 4 members (excludes halogenated alkanes) is 7. The van der Waals surface area contributed by atoms with E-state index in [0.717, 1.165) is 12.8 Å². The first-order valence-corrected chi connectivity index (χ1v) is 12.6. The van der Waals surface area contributed by atoms with Crippen LogP contribution in [-0.2, 0) is 6.42 Å². The molecule has 1 saturated carbocycles. The maximum Gasteiger partial charge on any atom is 0.241 e. The van der Waals surface area contributed by atoms with Gasteiger partial charge < -0.3 is 0 Å². The zero-order valence-electron chi connectivity index (χ0n) is 19.3. The van der Waals surface area contributed by atoms with Gasteiger partial charge in [-0.1, -0.05) is 100 Å². The van der Waals surface area contributed by atoms with E-state index < -0.39 is 6.43 Å². The van der Waals surface area contributed by atoms with Gasteiger partial charge in [0.15, 0.2) is 0 Å². The van der Waals surface area contributed by atoms with Crippen LogP contribution in [-0.4, -0.2) is 6.43 Å². The number of hydrogen-bond acceptors (Lipinski definition) is 0. The fraction of sp³-hybridized carbons (Fsp3) is 0.586. The van der Waals surface area contributed by atoms with Crippen molar-refractivity contribution < 1.29 is 8.78 Å². The molecule has 0 unspecified atom stereocenters. The van der Waals surface area contributed by atoms with Crippen molar-refractivity contribution in [3.05, 3.63) is 59.7 Å². The molecule has 3 rings (SSSR count). The Labute approximate surface area is 188 Å². The zero-order chi connectivity index (χ0) is 21.9. The summed E-state index contributed by atoms with van der Waals surface area (Å²) in [7, 11) is 0.